The smallest absolute Gasteiger partial charge is 0.475 e. The average Bonchev–Trinajstić information content (AvgIpc) is 3.45. The number of hydrogen-bond acceptors (Lipinski definition) is 5. The van der Waals surface area contributed by atoms with E-state index in [0.29, 0.717) is 12.2 Å². The molecule has 1 heterocycles. The maximum Gasteiger partial charge on any atom is 0.490 e. The molecule has 2 aromatic rings. The Labute approximate surface area is 204 Å². The van der Waals surface area contributed by atoms with Gasteiger partial charge in [0.15, 0.2) is 0 Å². The van der Waals surface area contributed by atoms with Crippen LogP contribution in [0, 0.1) is 5.82 Å². The third-order valence-corrected chi connectivity index (χ3v) is 7.17. The lowest BCUT2D eigenvalue weighted by Gasteiger charge is -2.18. The fraction of sp³-hybridized carbons (Fsp3) is 0.391. The first-order valence-corrected chi connectivity index (χ1v) is 12.4. The molecule has 1 saturated carbocycles. The Morgan fingerprint density at radius 2 is 1.69 bits per heavy atom. The second kappa shape index (κ2) is 10.8. The molecule has 1 atom stereocenters. The molecule has 4 rings (SSSR count). The zero-order valence-corrected chi connectivity index (χ0v) is 19.7. The molecule has 0 aromatic heterocycles. The number of carbonyl (C=O) groups is 2. The van der Waals surface area contributed by atoms with Gasteiger partial charge in [0, 0.05) is 18.8 Å². The molecule has 3 N–H and O–H groups in total. The Morgan fingerprint density at radius 1 is 1.08 bits per heavy atom. The van der Waals surface area contributed by atoms with E-state index >= 15 is 0 Å². The van der Waals surface area contributed by atoms with Crippen LogP contribution in [0.15, 0.2) is 53.4 Å². The van der Waals surface area contributed by atoms with Crippen molar-refractivity contribution in [3.8, 4) is 0 Å². The number of rotatable bonds is 7. The van der Waals surface area contributed by atoms with Gasteiger partial charge in [-0.2, -0.15) is 13.2 Å². The molecule has 36 heavy (non-hydrogen) atoms. The number of anilines is 1. The Morgan fingerprint density at radius 3 is 2.19 bits per heavy atom. The van der Waals surface area contributed by atoms with Crippen LogP contribution in [0.2, 0.25) is 0 Å². The first kappa shape index (κ1) is 27.4. The lowest BCUT2D eigenvalue weighted by molar-refractivity contribution is -0.192. The molecule has 0 bridgehead atoms. The normalized spacial score (nSPS) is 18.5. The van der Waals surface area contributed by atoms with E-state index in [1.165, 1.54) is 18.2 Å². The number of halogens is 4. The monoisotopic (exact) mass is 532 g/mol. The number of amides is 1. The molecule has 2 aromatic carbocycles. The summed E-state index contributed by atoms with van der Waals surface area (Å²) >= 11 is 0. The number of hydrogen-bond donors (Lipinski definition) is 3. The molecule has 8 nitrogen and oxygen atoms in total. The van der Waals surface area contributed by atoms with Crippen molar-refractivity contribution < 1.29 is 45.4 Å². The highest BCUT2D eigenvalue weighted by Crippen LogP contribution is 2.48. The van der Waals surface area contributed by atoms with Crippen LogP contribution < -0.4 is 10.0 Å². The van der Waals surface area contributed by atoms with Crippen molar-refractivity contribution in [2.75, 3.05) is 17.9 Å². The summed E-state index contributed by atoms with van der Waals surface area (Å²) in [6.45, 7) is 1.26. The van der Waals surface area contributed by atoms with E-state index in [1.807, 2.05) is 0 Å². The third kappa shape index (κ3) is 6.72. The molecule has 13 heteroatoms. The predicted molar refractivity (Wildman–Crippen MR) is 120 cm³/mol. The van der Waals surface area contributed by atoms with Gasteiger partial charge < -0.3 is 15.2 Å². The standard InChI is InChI=1S/C21H23FN2O4S.C2HF3O2/c22-18-5-1-2-6-19(18)29(26,27)24-16-9-7-15(8-10-16)21(11-12-21)20(25)23-14-17-4-3-13-28-17;3-2(4,5)1(6)7/h1-2,5-10,17,24H,3-4,11-14H2,(H,23,25);(H,6,7). The molecule has 1 saturated heterocycles. The second-order valence-corrected chi connectivity index (χ2v) is 9.99. The van der Waals surface area contributed by atoms with E-state index in [2.05, 4.69) is 10.0 Å². The Bertz CT molecular complexity index is 1190. The van der Waals surface area contributed by atoms with E-state index in [9.17, 15) is 30.8 Å². The molecule has 2 aliphatic rings. The van der Waals surface area contributed by atoms with Crippen molar-refractivity contribution in [2.24, 2.45) is 0 Å². The van der Waals surface area contributed by atoms with Gasteiger partial charge in [0.1, 0.15) is 10.7 Å². The van der Waals surface area contributed by atoms with Crippen molar-refractivity contribution in [1.29, 1.82) is 0 Å². The minimum atomic E-state index is -5.08. The number of alkyl halides is 3. The molecule has 1 unspecified atom stereocenters. The van der Waals surface area contributed by atoms with Gasteiger partial charge in [-0.15, -0.1) is 0 Å². The molecular weight excluding hydrogens is 508 g/mol. The van der Waals surface area contributed by atoms with Gasteiger partial charge in [-0.3, -0.25) is 9.52 Å². The van der Waals surface area contributed by atoms with Crippen molar-refractivity contribution in [3.63, 3.8) is 0 Å². The van der Waals surface area contributed by atoms with Crippen LogP contribution >= 0.6 is 0 Å². The summed E-state index contributed by atoms with van der Waals surface area (Å²) in [5.74, 6) is -3.59. The summed E-state index contributed by atoms with van der Waals surface area (Å²) in [6, 6.07) is 11.9. The maximum atomic E-state index is 13.8. The minimum Gasteiger partial charge on any atom is -0.475 e. The number of ether oxygens (including phenoxy) is 1. The van der Waals surface area contributed by atoms with E-state index in [1.54, 1.807) is 24.3 Å². The van der Waals surface area contributed by atoms with E-state index in [4.69, 9.17) is 14.6 Å². The Balaban J connectivity index is 0.000000454. The highest BCUT2D eigenvalue weighted by atomic mass is 32.2. The van der Waals surface area contributed by atoms with E-state index in [-0.39, 0.29) is 12.0 Å². The van der Waals surface area contributed by atoms with Crippen LogP contribution in [0.4, 0.5) is 23.2 Å². The SMILES string of the molecule is O=C(NCC1CCCO1)C1(c2ccc(NS(=O)(=O)c3ccccc3F)cc2)CC1.O=C(O)C(F)(F)F. The molecule has 1 aliphatic carbocycles. The fourth-order valence-corrected chi connectivity index (χ4v) is 4.82. The summed E-state index contributed by atoms with van der Waals surface area (Å²) in [6.07, 6.45) is -1.50. The number of carbonyl (C=O) groups excluding carboxylic acids is 1. The summed E-state index contributed by atoms with van der Waals surface area (Å²) in [4.78, 5) is 21.2. The molecule has 196 valence electrons. The lowest BCUT2D eigenvalue weighted by atomic mass is 9.94. The molecule has 1 aliphatic heterocycles. The summed E-state index contributed by atoms with van der Waals surface area (Å²) in [5, 5.41) is 10.1. The number of aliphatic carboxylic acids is 1. The maximum absolute atomic E-state index is 13.8. The minimum absolute atomic E-state index is 0.0207. The summed E-state index contributed by atoms with van der Waals surface area (Å²) in [7, 11) is -4.03. The number of carboxylic acid groups (broad SMARTS) is 1. The molecule has 1 amide bonds. The molecule has 0 spiro atoms. The van der Waals surface area contributed by atoms with Crippen LogP contribution in [-0.2, 0) is 29.8 Å². The quantitative estimate of drug-likeness (QED) is 0.469. The summed E-state index contributed by atoms with van der Waals surface area (Å²) < 4.78 is 78.3. The van der Waals surface area contributed by atoms with Crippen LogP contribution in [0.1, 0.15) is 31.2 Å². The van der Waals surface area contributed by atoms with Crippen molar-refractivity contribution >= 4 is 27.6 Å². The zero-order chi connectivity index (χ0) is 26.6. The van der Waals surface area contributed by atoms with Crippen LogP contribution in [0.25, 0.3) is 0 Å². The highest BCUT2D eigenvalue weighted by Gasteiger charge is 2.51. The number of sulfonamides is 1. The topological polar surface area (TPSA) is 122 Å². The Hall–Kier alpha value is -3.19. The zero-order valence-electron chi connectivity index (χ0n) is 18.8. The van der Waals surface area contributed by atoms with E-state index in [0.717, 1.165) is 43.9 Å². The van der Waals surface area contributed by atoms with Gasteiger partial charge in [0.05, 0.1) is 11.5 Å². The van der Waals surface area contributed by atoms with Gasteiger partial charge in [0.2, 0.25) is 5.91 Å². The highest BCUT2D eigenvalue weighted by molar-refractivity contribution is 7.92. The molecular formula is C23H24F4N2O6S. The summed E-state index contributed by atoms with van der Waals surface area (Å²) in [5.41, 5.74) is 0.602. The molecule has 2 fully saturated rings. The van der Waals surface area contributed by atoms with E-state index < -0.39 is 38.3 Å². The van der Waals surface area contributed by atoms with Crippen LogP contribution in [-0.4, -0.2) is 50.8 Å². The van der Waals surface area contributed by atoms with Crippen molar-refractivity contribution in [3.05, 3.63) is 59.9 Å². The van der Waals surface area contributed by atoms with Crippen LogP contribution in [0.5, 0.6) is 0 Å². The number of carboxylic acids is 1. The number of nitrogens with one attached hydrogen (secondary N) is 2. The Kier molecular flexibility index (Phi) is 8.24. The third-order valence-electron chi connectivity index (χ3n) is 5.76. The predicted octanol–water partition coefficient (Wildman–Crippen LogP) is 3.59. The van der Waals surface area contributed by atoms with Crippen molar-refractivity contribution in [1.82, 2.24) is 5.32 Å². The van der Waals surface area contributed by atoms with Crippen LogP contribution in [0.3, 0.4) is 0 Å². The number of benzene rings is 2. The molecule has 0 radical (unpaired) electrons. The lowest BCUT2D eigenvalue weighted by Crippen LogP contribution is -2.39. The van der Waals surface area contributed by atoms with Crippen molar-refractivity contribution in [2.45, 2.75) is 48.3 Å². The largest absolute Gasteiger partial charge is 0.490 e. The average molecular weight is 533 g/mol. The first-order valence-electron chi connectivity index (χ1n) is 10.9. The van der Waals surface area contributed by atoms with Gasteiger partial charge in [-0.1, -0.05) is 24.3 Å². The first-order chi connectivity index (χ1) is 16.8. The van der Waals surface area contributed by atoms with Gasteiger partial charge in [0.25, 0.3) is 10.0 Å². The van der Waals surface area contributed by atoms with Gasteiger partial charge >= 0.3 is 12.1 Å². The van der Waals surface area contributed by atoms with Gasteiger partial charge in [-0.05, 0) is 55.5 Å². The fourth-order valence-electron chi connectivity index (χ4n) is 3.68. The van der Waals surface area contributed by atoms with Gasteiger partial charge in [-0.25, -0.2) is 17.6 Å². The second-order valence-electron chi connectivity index (χ2n) is 8.34.